The zero-order valence-electron chi connectivity index (χ0n) is 16.0. The summed E-state index contributed by atoms with van der Waals surface area (Å²) >= 11 is 0. The number of rotatable bonds is 7. The Bertz CT molecular complexity index is 1000. The van der Waals surface area contributed by atoms with Crippen molar-refractivity contribution in [1.29, 1.82) is 0 Å². The molecule has 2 aliphatic rings. The van der Waals surface area contributed by atoms with Gasteiger partial charge < -0.3 is 5.32 Å². The molecule has 1 heterocycles. The normalized spacial score (nSPS) is 20.4. The molecule has 1 aromatic carbocycles. The van der Waals surface area contributed by atoms with Crippen molar-refractivity contribution in [3.8, 4) is 0 Å². The third kappa shape index (κ3) is 4.53. The van der Waals surface area contributed by atoms with Gasteiger partial charge in [-0.05, 0) is 55.4 Å². The van der Waals surface area contributed by atoms with Gasteiger partial charge in [0.15, 0.2) is 9.84 Å². The van der Waals surface area contributed by atoms with E-state index in [0.29, 0.717) is 42.8 Å². The SMILES string of the molecule is O=C1CCC(CC(C(=O)Nc2ccncn2)c2ccc(S(=O)(=O)C3CC3)cc2)C1. The summed E-state index contributed by atoms with van der Waals surface area (Å²) in [6.45, 7) is 0. The Balaban J connectivity index is 1.57. The lowest BCUT2D eigenvalue weighted by atomic mass is 9.87. The molecular weight excluding hydrogens is 390 g/mol. The summed E-state index contributed by atoms with van der Waals surface area (Å²) in [5.74, 6) is 0.0826. The second-order valence-electron chi connectivity index (χ2n) is 7.83. The van der Waals surface area contributed by atoms with Crippen LogP contribution in [-0.2, 0) is 19.4 Å². The predicted molar refractivity (Wildman–Crippen MR) is 107 cm³/mol. The first-order valence-electron chi connectivity index (χ1n) is 9.86. The Morgan fingerprint density at radius 3 is 2.48 bits per heavy atom. The summed E-state index contributed by atoms with van der Waals surface area (Å²) < 4.78 is 24.9. The van der Waals surface area contributed by atoms with Gasteiger partial charge in [-0.15, -0.1) is 0 Å². The smallest absolute Gasteiger partial charge is 0.233 e. The number of carbonyl (C=O) groups is 2. The summed E-state index contributed by atoms with van der Waals surface area (Å²) in [6, 6.07) is 8.23. The highest BCUT2D eigenvalue weighted by Crippen LogP contribution is 2.36. The topological polar surface area (TPSA) is 106 Å². The molecule has 7 nitrogen and oxygen atoms in total. The largest absolute Gasteiger partial charge is 0.310 e. The molecule has 2 aliphatic carbocycles. The summed E-state index contributed by atoms with van der Waals surface area (Å²) in [5, 5.41) is 2.54. The van der Waals surface area contributed by atoms with Crippen LogP contribution in [0.15, 0.2) is 47.8 Å². The molecule has 2 fully saturated rings. The fraction of sp³-hybridized carbons (Fsp3) is 0.429. The van der Waals surface area contributed by atoms with E-state index in [9.17, 15) is 18.0 Å². The number of anilines is 1. The lowest BCUT2D eigenvalue weighted by Crippen LogP contribution is -2.24. The van der Waals surface area contributed by atoms with Crippen LogP contribution >= 0.6 is 0 Å². The first-order chi connectivity index (χ1) is 13.9. The van der Waals surface area contributed by atoms with Crippen molar-refractivity contribution < 1.29 is 18.0 Å². The van der Waals surface area contributed by atoms with Crippen LogP contribution in [0, 0.1) is 5.92 Å². The minimum Gasteiger partial charge on any atom is -0.310 e. The van der Waals surface area contributed by atoms with Crippen molar-refractivity contribution in [2.24, 2.45) is 5.92 Å². The first-order valence-corrected chi connectivity index (χ1v) is 11.4. The summed E-state index contributed by atoms with van der Waals surface area (Å²) in [6.07, 6.45) is 6.70. The molecule has 152 valence electrons. The molecule has 29 heavy (non-hydrogen) atoms. The van der Waals surface area contributed by atoms with Gasteiger partial charge in [-0.1, -0.05) is 12.1 Å². The van der Waals surface area contributed by atoms with E-state index < -0.39 is 15.8 Å². The van der Waals surface area contributed by atoms with Crippen molar-refractivity contribution in [3.05, 3.63) is 48.4 Å². The average molecular weight is 413 g/mol. The van der Waals surface area contributed by atoms with Gasteiger partial charge >= 0.3 is 0 Å². The summed E-state index contributed by atoms with van der Waals surface area (Å²) in [4.78, 5) is 32.9. The molecule has 2 atom stereocenters. The van der Waals surface area contributed by atoms with E-state index in [0.717, 1.165) is 12.0 Å². The monoisotopic (exact) mass is 413 g/mol. The van der Waals surface area contributed by atoms with Gasteiger partial charge in [0.2, 0.25) is 5.91 Å². The number of amides is 1. The number of hydrogen-bond donors (Lipinski definition) is 1. The number of carbonyl (C=O) groups excluding carboxylic acids is 2. The van der Waals surface area contributed by atoms with Gasteiger partial charge in [-0.2, -0.15) is 0 Å². The van der Waals surface area contributed by atoms with E-state index in [1.807, 2.05) is 0 Å². The van der Waals surface area contributed by atoms with E-state index in [4.69, 9.17) is 0 Å². The van der Waals surface area contributed by atoms with Crippen LogP contribution in [0.4, 0.5) is 5.82 Å². The van der Waals surface area contributed by atoms with E-state index in [2.05, 4.69) is 15.3 Å². The standard InChI is InChI=1S/C21H23N3O4S/c25-16-4-1-14(11-16)12-19(21(26)24-20-9-10-22-13-23-20)15-2-5-17(6-3-15)29(27,28)18-7-8-18/h2-3,5-6,9-10,13-14,18-19H,1,4,7-8,11-12H2,(H,22,23,24,26). The number of sulfone groups is 1. The minimum absolute atomic E-state index is 0.151. The molecule has 1 aromatic heterocycles. The number of nitrogens with one attached hydrogen (secondary N) is 1. The van der Waals surface area contributed by atoms with Crippen LogP contribution in [0.5, 0.6) is 0 Å². The molecule has 4 rings (SSSR count). The van der Waals surface area contributed by atoms with Crippen LogP contribution in [0.2, 0.25) is 0 Å². The van der Waals surface area contributed by atoms with Gasteiger partial charge in [0.25, 0.3) is 0 Å². The third-order valence-electron chi connectivity index (χ3n) is 5.64. The minimum atomic E-state index is -3.27. The molecule has 0 spiro atoms. The molecule has 2 unspecified atom stereocenters. The fourth-order valence-corrected chi connectivity index (χ4v) is 5.52. The molecule has 1 N–H and O–H groups in total. The maximum atomic E-state index is 13.0. The Kier molecular flexibility index (Phi) is 5.45. The van der Waals surface area contributed by atoms with Crippen molar-refractivity contribution in [2.45, 2.75) is 54.6 Å². The maximum absolute atomic E-state index is 13.0. The molecule has 0 aliphatic heterocycles. The maximum Gasteiger partial charge on any atom is 0.233 e. The lowest BCUT2D eigenvalue weighted by molar-refractivity contribution is -0.119. The third-order valence-corrected chi connectivity index (χ3v) is 7.92. The molecular formula is C21H23N3O4S. The predicted octanol–water partition coefficient (Wildman–Crippen LogP) is 2.89. The van der Waals surface area contributed by atoms with E-state index >= 15 is 0 Å². The highest BCUT2D eigenvalue weighted by Gasteiger charge is 2.37. The Hall–Kier alpha value is -2.61. The van der Waals surface area contributed by atoms with Gasteiger partial charge in [-0.25, -0.2) is 18.4 Å². The van der Waals surface area contributed by atoms with Crippen LogP contribution in [0.25, 0.3) is 0 Å². The Labute approximate surface area is 169 Å². The lowest BCUT2D eigenvalue weighted by Gasteiger charge is -2.20. The van der Waals surface area contributed by atoms with Gasteiger partial charge in [0.05, 0.1) is 16.1 Å². The molecule has 1 amide bonds. The van der Waals surface area contributed by atoms with Crippen LogP contribution in [0.1, 0.15) is 50.0 Å². The Morgan fingerprint density at radius 2 is 1.90 bits per heavy atom. The molecule has 0 bridgehead atoms. The van der Waals surface area contributed by atoms with Gasteiger partial charge in [0.1, 0.15) is 17.9 Å². The number of ketones is 1. The van der Waals surface area contributed by atoms with Crippen molar-refractivity contribution in [3.63, 3.8) is 0 Å². The Morgan fingerprint density at radius 1 is 1.14 bits per heavy atom. The highest BCUT2D eigenvalue weighted by molar-refractivity contribution is 7.92. The van der Waals surface area contributed by atoms with Crippen molar-refractivity contribution in [2.75, 3.05) is 5.32 Å². The molecule has 2 saturated carbocycles. The molecule has 0 saturated heterocycles. The van der Waals surface area contributed by atoms with Crippen molar-refractivity contribution in [1.82, 2.24) is 9.97 Å². The zero-order chi connectivity index (χ0) is 20.4. The van der Waals surface area contributed by atoms with E-state index in [1.54, 1.807) is 36.5 Å². The first kappa shape index (κ1) is 19.7. The van der Waals surface area contributed by atoms with Crippen LogP contribution in [-0.4, -0.2) is 35.3 Å². The number of nitrogens with zero attached hydrogens (tertiary/aromatic N) is 2. The van der Waals surface area contributed by atoms with Gasteiger partial charge in [-0.3, -0.25) is 9.59 Å². The van der Waals surface area contributed by atoms with Crippen LogP contribution in [0.3, 0.4) is 0 Å². The second-order valence-corrected chi connectivity index (χ2v) is 10.1. The molecule has 2 aromatic rings. The number of benzene rings is 1. The van der Waals surface area contributed by atoms with E-state index in [1.165, 1.54) is 6.33 Å². The van der Waals surface area contributed by atoms with Gasteiger partial charge in [0, 0.05) is 19.0 Å². The second kappa shape index (κ2) is 8.02. The fourth-order valence-electron chi connectivity index (χ4n) is 3.86. The van der Waals surface area contributed by atoms with Crippen molar-refractivity contribution >= 4 is 27.3 Å². The highest BCUT2D eigenvalue weighted by atomic mass is 32.2. The average Bonchev–Trinajstić information content (AvgIpc) is 3.50. The van der Waals surface area contributed by atoms with E-state index in [-0.39, 0.29) is 22.9 Å². The number of aromatic nitrogens is 2. The number of hydrogen-bond acceptors (Lipinski definition) is 6. The molecule has 0 radical (unpaired) electrons. The molecule has 8 heteroatoms. The summed E-state index contributed by atoms with van der Waals surface area (Å²) in [7, 11) is -3.27. The summed E-state index contributed by atoms with van der Waals surface area (Å²) in [5.41, 5.74) is 0.741. The van der Waals surface area contributed by atoms with Crippen LogP contribution < -0.4 is 5.32 Å². The number of Topliss-reactive ketones (excluding diaryl/α,β-unsaturated/α-hetero) is 1. The zero-order valence-corrected chi connectivity index (χ0v) is 16.8. The quantitative estimate of drug-likeness (QED) is 0.748.